The highest BCUT2D eigenvalue weighted by atomic mass is 35.5. The molecule has 0 spiro atoms. The highest BCUT2D eigenvalue weighted by Gasteiger charge is 2.44. The van der Waals surface area contributed by atoms with E-state index in [1.807, 2.05) is 0 Å². The molecule has 6 nitrogen and oxygen atoms in total. The second-order valence-electron chi connectivity index (χ2n) is 3.24. The van der Waals surface area contributed by atoms with Gasteiger partial charge in [-0.25, -0.2) is 20.8 Å². The van der Waals surface area contributed by atoms with E-state index in [2.05, 4.69) is 20.8 Å². The number of rotatable bonds is 2. The largest absolute Gasteiger partial charge is 0.367 e. The fourth-order valence-electron chi connectivity index (χ4n) is 1.62. The van der Waals surface area contributed by atoms with Gasteiger partial charge in [-0.05, 0) is 11.6 Å². The van der Waals surface area contributed by atoms with Gasteiger partial charge in [0.15, 0.2) is 6.29 Å². The van der Waals surface area contributed by atoms with Crippen LogP contribution in [0.25, 0.3) is 0 Å². The van der Waals surface area contributed by atoms with Crippen LogP contribution in [0.1, 0.15) is 0 Å². The molecule has 2 heterocycles. The van der Waals surface area contributed by atoms with Crippen molar-refractivity contribution in [2.75, 3.05) is 7.11 Å². The van der Waals surface area contributed by atoms with Gasteiger partial charge in [-0.3, -0.25) is 0 Å². The van der Waals surface area contributed by atoms with E-state index < -0.39 is 12.3 Å². The Kier molecular flexibility index (Phi) is 3.24. The maximum atomic E-state index is 9.55. The van der Waals surface area contributed by atoms with Crippen molar-refractivity contribution in [3.05, 3.63) is 0 Å². The number of hydrogen-bond acceptors (Lipinski definition) is 6. The van der Waals surface area contributed by atoms with Crippen LogP contribution >= 0.6 is 23.2 Å². The molecule has 0 aromatic rings. The molecule has 2 aliphatic heterocycles. The van der Waals surface area contributed by atoms with Gasteiger partial charge in [-0.2, -0.15) is 0 Å². The number of fused-ring (bicyclic) bond motifs is 1. The minimum Gasteiger partial charge on any atom is -0.367 e. The molecular formula is C7H10Cl2N4O2. The Labute approximate surface area is 96.3 Å². The van der Waals surface area contributed by atoms with Crippen LogP contribution in [0.4, 0.5) is 0 Å². The zero-order valence-electron chi connectivity index (χ0n) is 7.82. The quantitative estimate of drug-likeness (QED) is 0.454. The number of aliphatic hydroxyl groups excluding tert-OH is 1. The minimum absolute atomic E-state index is 0.0834. The van der Waals surface area contributed by atoms with E-state index in [0.717, 1.165) is 0 Å². The van der Waals surface area contributed by atoms with Gasteiger partial charge in [-0.1, -0.05) is 11.6 Å². The van der Waals surface area contributed by atoms with E-state index in [4.69, 9.17) is 27.9 Å². The third-order valence-electron chi connectivity index (χ3n) is 2.37. The highest BCUT2D eigenvalue weighted by Crippen LogP contribution is 2.21. The molecule has 1 saturated heterocycles. The number of halogens is 2. The van der Waals surface area contributed by atoms with Gasteiger partial charge in [0.2, 0.25) is 5.29 Å². The fraction of sp³-hybridized carbons (Fsp3) is 0.714. The van der Waals surface area contributed by atoms with E-state index in [-0.39, 0.29) is 17.4 Å². The van der Waals surface area contributed by atoms with Crippen molar-refractivity contribution < 1.29 is 9.84 Å². The molecule has 0 saturated carbocycles. The molecule has 4 unspecified atom stereocenters. The lowest BCUT2D eigenvalue weighted by molar-refractivity contribution is -0.0965. The van der Waals surface area contributed by atoms with Crippen LogP contribution in [0, 0.1) is 0 Å². The lowest BCUT2D eigenvalue weighted by Crippen LogP contribution is -2.45. The van der Waals surface area contributed by atoms with Crippen molar-refractivity contribution in [3.63, 3.8) is 0 Å². The van der Waals surface area contributed by atoms with Crippen molar-refractivity contribution in [3.8, 4) is 0 Å². The van der Waals surface area contributed by atoms with Crippen LogP contribution in [-0.4, -0.2) is 47.1 Å². The number of aliphatic hydroxyl groups is 1. The highest BCUT2D eigenvalue weighted by molar-refractivity contribution is 6.72. The monoisotopic (exact) mass is 252 g/mol. The lowest BCUT2D eigenvalue weighted by atomic mass is 10.0. The van der Waals surface area contributed by atoms with Gasteiger partial charge in [0.25, 0.3) is 0 Å². The minimum atomic E-state index is -0.983. The first kappa shape index (κ1) is 11.3. The van der Waals surface area contributed by atoms with E-state index in [1.165, 1.54) is 7.11 Å². The van der Waals surface area contributed by atoms with E-state index >= 15 is 0 Å². The third-order valence-corrected chi connectivity index (χ3v) is 2.88. The summed E-state index contributed by atoms with van der Waals surface area (Å²) in [5, 5.41) is 9.95. The van der Waals surface area contributed by atoms with Gasteiger partial charge in [-0.15, -0.1) is 0 Å². The Bertz CT molecular complexity index is 322. The van der Waals surface area contributed by atoms with Crippen molar-refractivity contribution in [1.82, 2.24) is 10.9 Å². The predicted octanol–water partition coefficient (Wildman–Crippen LogP) is -0.589. The fourth-order valence-corrected chi connectivity index (χ4v) is 2.13. The Morgan fingerprint density at radius 1 is 1.47 bits per heavy atom. The predicted molar refractivity (Wildman–Crippen MR) is 57.2 cm³/mol. The normalized spacial score (nSPS) is 36.9. The summed E-state index contributed by atoms with van der Waals surface area (Å²) in [7, 11) is 1.41. The van der Waals surface area contributed by atoms with Crippen LogP contribution in [0.2, 0.25) is 0 Å². The molecule has 2 aliphatic rings. The van der Waals surface area contributed by atoms with Crippen molar-refractivity contribution in [2.45, 2.75) is 24.4 Å². The number of hydrazine groups is 1. The Morgan fingerprint density at radius 2 is 2.20 bits per heavy atom. The molecular weight excluding hydrogens is 243 g/mol. The zero-order chi connectivity index (χ0) is 11.0. The van der Waals surface area contributed by atoms with Crippen molar-refractivity contribution >= 4 is 33.7 Å². The molecule has 0 aromatic carbocycles. The number of hydrogen-bond donors (Lipinski definition) is 3. The summed E-state index contributed by atoms with van der Waals surface area (Å²) in [5.74, 6) is 0. The summed E-state index contributed by atoms with van der Waals surface area (Å²) >= 11 is 11.6. The van der Waals surface area contributed by atoms with Crippen LogP contribution in [0.5, 0.6) is 0 Å². The Hall–Kier alpha value is -0.240. The van der Waals surface area contributed by atoms with E-state index in [0.29, 0.717) is 5.17 Å². The number of amidine groups is 1. The molecule has 0 aliphatic carbocycles. The lowest BCUT2D eigenvalue weighted by Gasteiger charge is -2.23. The van der Waals surface area contributed by atoms with Crippen molar-refractivity contribution in [2.24, 2.45) is 9.98 Å². The standard InChI is InChI=1S/C7H10Cl2N4O2/c1-15-6(14)4-2-3(12-13-4)5(8)11-7(9)10-2/h2-4,6,12-14H,1H3. The molecule has 84 valence electrons. The van der Waals surface area contributed by atoms with E-state index in [9.17, 15) is 5.11 Å². The Morgan fingerprint density at radius 3 is 2.87 bits per heavy atom. The number of aliphatic imine (C=N–C) groups is 2. The number of ether oxygens (including phenoxy) is 1. The number of methoxy groups -OCH3 is 1. The summed E-state index contributed by atoms with van der Waals surface area (Å²) in [5.41, 5.74) is 5.72. The first-order valence-corrected chi connectivity index (χ1v) is 5.08. The molecule has 0 bridgehead atoms. The Balaban J connectivity index is 2.20. The summed E-state index contributed by atoms with van der Waals surface area (Å²) in [6.45, 7) is 0. The number of nitrogens with zero attached hydrogens (tertiary/aromatic N) is 2. The molecule has 3 N–H and O–H groups in total. The molecule has 2 rings (SSSR count). The van der Waals surface area contributed by atoms with Gasteiger partial charge in [0.1, 0.15) is 5.17 Å². The van der Waals surface area contributed by atoms with Crippen molar-refractivity contribution in [1.29, 1.82) is 0 Å². The second kappa shape index (κ2) is 4.32. The maximum absolute atomic E-state index is 9.55. The van der Waals surface area contributed by atoms with Crippen LogP contribution in [0.15, 0.2) is 9.98 Å². The summed E-state index contributed by atoms with van der Waals surface area (Å²) < 4.78 is 4.81. The first-order chi connectivity index (χ1) is 7.13. The SMILES string of the molecule is COC(O)C1NNC2C(Cl)=NC(Cl)=NC21. The first-order valence-electron chi connectivity index (χ1n) is 4.33. The molecule has 8 heteroatoms. The van der Waals surface area contributed by atoms with E-state index in [1.54, 1.807) is 0 Å². The van der Waals surface area contributed by atoms with Crippen LogP contribution in [0.3, 0.4) is 0 Å². The summed E-state index contributed by atoms with van der Waals surface area (Å²) in [6, 6.07) is -1.00. The summed E-state index contributed by atoms with van der Waals surface area (Å²) in [6.07, 6.45) is -0.983. The third kappa shape index (κ3) is 2.01. The molecule has 0 amide bonds. The smallest absolute Gasteiger partial charge is 0.219 e. The van der Waals surface area contributed by atoms with Gasteiger partial charge >= 0.3 is 0 Å². The molecule has 15 heavy (non-hydrogen) atoms. The molecule has 0 aromatic heterocycles. The summed E-state index contributed by atoms with van der Waals surface area (Å²) in [4.78, 5) is 7.91. The average molecular weight is 253 g/mol. The van der Waals surface area contributed by atoms with Crippen LogP contribution in [-0.2, 0) is 4.74 Å². The van der Waals surface area contributed by atoms with Gasteiger partial charge in [0, 0.05) is 7.11 Å². The number of nitrogens with one attached hydrogen (secondary N) is 2. The maximum Gasteiger partial charge on any atom is 0.219 e. The average Bonchev–Trinajstić information content (AvgIpc) is 2.60. The zero-order valence-corrected chi connectivity index (χ0v) is 9.33. The molecule has 1 fully saturated rings. The van der Waals surface area contributed by atoms with Gasteiger partial charge < -0.3 is 9.84 Å². The second-order valence-corrected chi connectivity index (χ2v) is 3.97. The van der Waals surface area contributed by atoms with Crippen LogP contribution < -0.4 is 10.9 Å². The molecule has 0 radical (unpaired) electrons. The topological polar surface area (TPSA) is 78.2 Å². The molecule has 4 atom stereocenters. The van der Waals surface area contributed by atoms with Gasteiger partial charge in [0.05, 0.1) is 18.1 Å².